The maximum Gasteiger partial charge on any atom is 0.341 e. The van der Waals surface area contributed by atoms with Crippen LogP contribution in [-0.4, -0.2) is 27.1 Å². The number of aliphatic hydroxyl groups is 1. The third-order valence-electron chi connectivity index (χ3n) is 4.32. The molecule has 0 fully saturated rings. The van der Waals surface area contributed by atoms with Gasteiger partial charge in [0, 0.05) is 11.1 Å². The molecule has 0 aromatic heterocycles. The lowest BCUT2D eigenvalue weighted by molar-refractivity contribution is -0.574. The molecule has 0 spiro atoms. The normalized spacial score (nSPS) is 23.1. The Hall–Kier alpha value is -2.46. The number of Topliss-reactive ketones (excluding diaryl/α,β-unsaturated/α-hetero) is 1. The van der Waals surface area contributed by atoms with Crippen LogP contribution in [0.1, 0.15) is 36.2 Å². The summed E-state index contributed by atoms with van der Waals surface area (Å²) in [6.07, 6.45) is 0.0570. The molecule has 2 aromatic carbocycles. The summed E-state index contributed by atoms with van der Waals surface area (Å²) in [6, 6.07) is 17.6. The van der Waals surface area contributed by atoms with Gasteiger partial charge in [0.05, 0.1) is 11.8 Å². The van der Waals surface area contributed by atoms with Gasteiger partial charge >= 0.3 is 5.72 Å². The first-order chi connectivity index (χ1) is 10.9. The SMILES string of the molecule is CC1(C)C[C@](O)(C(=O)c2ccccc2)[N+]([O-])=C1c1ccccc1. The van der Waals surface area contributed by atoms with E-state index in [2.05, 4.69) is 0 Å². The van der Waals surface area contributed by atoms with Gasteiger partial charge in [-0.25, -0.2) is 0 Å². The molecule has 1 N–H and O–H groups in total. The molecule has 1 aliphatic heterocycles. The topological polar surface area (TPSA) is 63.4 Å². The van der Waals surface area contributed by atoms with E-state index in [1.165, 1.54) is 0 Å². The number of hydrogen-bond acceptors (Lipinski definition) is 3. The molecule has 0 unspecified atom stereocenters. The predicted octanol–water partition coefficient (Wildman–Crippen LogP) is 2.99. The Kier molecular flexibility index (Phi) is 3.57. The molecule has 0 amide bonds. The number of carbonyl (C=O) groups excluding carboxylic acids is 1. The number of rotatable bonds is 3. The van der Waals surface area contributed by atoms with Crippen LogP contribution in [0.5, 0.6) is 0 Å². The Morgan fingerprint density at radius 2 is 1.57 bits per heavy atom. The quantitative estimate of drug-likeness (QED) is 0.538. The largest absolute Gasteiger partial charge is 0.621 e. The van der Waals surface area contributed by atoms with Gasteiger partial charge in [-0.05, 0) is 26.0 Å². The summed E-state index contributed by atoms with van der Waals surface area (Å²) in [6.45, 7) is 3.74. The fourth-order valence-corrected chi connectivity index (χ4v) is 3.33. The third-order valence-corrected chi connectivity index (χ3v) is 4.32. The van der Waals surface area contributed by atoms with Gasteiger partial charge in [-0.2, -0.15) is 4.74 Å². The van der Waals surface area contributed by atoms with Crippen molar-refractivity contribution in [3.8, 4) is 0 Å². The first-order valence-electron chi connectivity index (χ1n) is 7.59. The number of hydroxylamine groups is 1. The molecule has 0 bridgehead atoms. The van der Waals surface area contributed by atoms with Crippen LogP contribution in [0, 0.1) is 10.6 Å². The second-order valence-electron chi connectivity index (χ2n) is 6.58. The van der Waals surface area contributed by atoms with Crippen LogP contribution in [0.15, 0.2) is 60.7 Å². The van der Waals surface area contributed by atoms with Crippen molar-refractivity contribution in [1.29, 1.82) is 0 Å². The van der Waals surface area contributed by atoms with Crippen LogP contribution in [-0.2, 0) is 0 Å². The summed E-state index contributed by atoms with van der Waals surface area (Å²) < 4.78 is 0.498. The van der Waals surface area contributed by atoms with Gasteiger partial charge in [-0.3, -0.25) is 4.79 Å². The van der Waals surface area contributed by atoms with Crippen molar-refractivity contribution < 1.29 is 14.6 Å². The molecule has 118 valence electrons. The van der Waals surface area contributed by atoms with Gasteiger partial charge in [-0.1, -0.05) is 48.5 Å². The fourth-order valence-electron chi connectivity index (χ4n) is 3.33. The highest BCUT2D eigenvalue weighted by atomic mass is 16.5. The average Bonchev–Trinajstić information content (AvgIpc) is 2.74. The number of hydrogen-bond donors (Lipinski definition) is 1. The minimum absolute atomic E-state index is 0.0570. The van der Waals surface area contributed by atoms with Gasteiger partial charge in [0.25, 0.3) is 5.78 Å². The van der Waals surface area contributed by atoms with Gasteiger partial charge in [0.15, 0.2) is 0 Å². The Bertz CT molecular complexity index is 766. The van der Waals surface area contributed by atoms with Crippen LogP contribution in [0.3, 0.4) is 0 Å². The highest BCUT2D eigenvalue weighted by molar-refractivity contribution is 6.07. The zero-order valence-electron chi connectivity index (χ0n) is 13.2. The van der Waals surface area contributed by atoms with Gasteiger partial charge in [-0.15, -0.1) is 0 Å². The lowest BCUT2D eigenvalue weighted by Gasteiger charge is -2.21. The van der Waals surface area contributed by atoms with Crippen molar-refractivity contribution in [3.05, 3.63) is 77.0 Å². The van der Waals surface area contributed by atoms with Crippen molar-refractivity contribution in [2.45, 2.75) is 26.0 Å². The second kappa shape index (κ2) is 5.32. The molecule has 3 rings (SSSR count). The molecule has 0 radical (unpaired) electrons. The number of carbonyl (C=O) groups is 1. The van der Waals surface area contributed by atoms with Gasteiger partial charge in [0.2, 0.25) is 5.71 Å². The molecule has 1 aliphatic rings. The minimum atomic E-state index is -2.07. The Morgan fingerprint density at radius 3 is 2.13 bits per heavy atom. The number of benzene rings is 2. The molecule has 1 heterocycles. The maximum absolute atomic E-state index is 12.9. The van der Waals surface area contributed by atoms with E-state index in [1.54, 1.807) is 30.3 Å². The summed E-state index contributed by atoms with van der Waals surface area (Å²) in [5.74, 6) is -0.563. The highest BCUT2D eigenvalue weighted by Gasteiger charge is 2.59. The molecule has 4 heteroatoms. The molecule has 0 saturated carbocycles. The van der Waals surface area contributed by atoms with Crippen molar-refractivity contribution in [3.63, 3.8) is 0 Å². The van der Waals surface area contributed by atoms with Crippen molar-refractivity contribution in [2.24, 2.45) is 5.41 Å². The minimum Gasteiger partial charge on any atom is -0.621 e. The van der Waals surface area contributed by atoms with Crippen molar-refractivity contribution in [1.82, 2.24) is 0 Å². The Morgan fingerprint density at radius 1 is 1.04 bits per heavy atom. The smallest absolute Gasteiger partial charge is 0.341 e. The summed E-state index contributed by atoms with van der Waals surface area (Å²) in [7, 11) is 0. The molecule has 2 aromatic rings. The van der Waals surface area contributed by atoms with E-state index in [-0.39, 0.29) is 6.42 Å². The van der Waals surface area contributed by atoms with Crippen LogP contribution < -0.4 is 0 Å². The van der Waals surface area contributed by atoms with E-state index >= 15 is 0 Å². The first-order valence-corrected chi connectivity index (χ1v) is 7.59. The van der Waals surface area contributed by atoms with Gasteiger partial charge < -0.3 is 10.3 Å². The van der Waals surface area contributed by atoms with Crippen molar-refractivity contribution >= 4 is 11.5 Å². The molecule has 0 saturated heterocycles. The van der Waals surface area contributed by atoms with Crippen LogP contribution >= 0.6 is 0 Å². The van der Waals surface area contributed by atoms with Crippen LogP contribution in [0.4, 0.5) is 0 Å². The monoisotopic (exact) mass is 309 g/mol. The number of nitrogens with zero attached hydrogens (tertiary/aromatic N) is 1. The van der Waals surface area contributed by atoms with E-state index in [4.69, 9.17) is 0 Å². The first kappa shape index (κ1) is 15.4. The molecule has 23 heavy (non-hydrogen) atoms. The number of ketones is 1. The van der Waals surface area contributed by atoms with E-state index in [1.807, 2.05) is 44.2 Å². The Balaban J connectivity index is 2.12. The molecular formula is C19H19NO3. The van der Waals surface area contributed by atoms with Crippen molar-refractivity contribution in [2.75, 3.05) is 0 Å². The molecule has 1 atom stereocenters. The van der Waals surface area contributed by atoms with Gasteiger partial charge in [0.1, 0.15) is 0 Å². The lowest BCUT2D eigenvalue weighted by Crippen LogP contribution is -2.45. The lowest BCUT2D eigenvalue weighted by atomic mass is 9.79. The Labute approximate surface area is 135 Å². The molecule has 4 nitrogen and oxygen atoms in total. The molecular weight excluding hydrogens is 290 g/mol. The summed E-state index contributed by atoms with van der Waals surface area (Å²) in [5.41, 5.74) is -1.19. The van der Waals surface area contributed by atoms with Crippen LogP contribution in [0.25, 0.3) is 0 Å². The maximum atomic E-state index is 12.9. The standard InChI is InChI=1S/C19H19NO3/c1-18(2)13-19(22,17(21)15-11-7-4-8-12-15)20(23)16(18)14-9-5-3-6-10-14/h3-12,22H,13H2,1-2H3/t19-/m0/s1. The average molecular weight is 309 g/mol. The third kappa shape index (κ3) is 2.45. The fraction of sp³-hybridized carbons (Fsp3) is 0.263. The van der Waals surface area contributed by atoms with E-state index < -0.39 is 16.9 Å². The zero-order valence-corrected chi connectivity index (χ0v) is 13.2. The summed E-state index contributed by atoms with van der Waals surface area (Å²) in [4.78, 5) is 12.7. The molecule has 0 aliphatic carbocycles. The second-order valence-corrected chi connectivity index (χ2v) is 6.58. The summed E-state index contributed by atoms with van der Waals surface area (Å²) >= 11 is 0. The van der Waals surface area contributed by atoms with E-state index in [9.17, 15) is 15.1 Å². The predicted molar refractivity (Wildman–Crippen MR) is 88.3 cm³/mol. The highest BCUT2D eigenvalue weighted by Crippen LogP contribution is 2.41. The van der Waals surface area contributed by atoms with Crippen LogP contribution in [0.2, 0.25) is 0 Å². The summed E-state index contributed by atoms with van der Waals surface area (Å²) in [5, 5.41) is 23.8. The van der Waals surface area contributed by atoms with E-state index in [0.717, 1.165) is 5.56 Å². The zero-order chi connectivity index (χ0) is 16.7. The van der Waals surface area contributed by atoms with E-state index in [0.29, 0.717) is 16.0 Å².